The maximum absolute atomic E-state index is 12.9. The van der Waals surface area contributed by atoms with Gasteiger partial charge in [-0.15, -0.1) is 0 Å². The summed E-state index contributed by atoms with van der Waals surface area (Å²) in [4.78, 5) is 26.5. The van der Waals surface area contributed by atoms with Crippen LogP contribution in [0.15, 0.2) is 42.0 Å². The van der Waals surface area contributed by atoms with Crippen molar-refractivity contribution in [2.24, 2.45) is 7.05 Å². The minimum atomic E-state index is -0.479. The number of aromatic nitrogens is 1. The molecule has 1 saturated heterocycles. The highest BCUT2D eigenvalue weighted by molar-refractivity contribution is 7.80. The number of hydrogen-bond donors (Lipinski definition) is 1. The zero-order chi connectivity index (χ0) is 17.4. The van der Waals surface area contributed by atoms with Gasteiger partial charge in [-0.1, -0.05) is 12.1 Å². The number of thiocarbonyl (C=S) groups is 1. The summed E-state index contributed by atoms with van der Waals surface area (Å²) in [5.41, 5.74) is 3.52. The van der Waals surface area contributed by atoms with Crippen LogP contribution >= 0.6 is 12.2 Å². The Bertz CT molecular complexity index is 895. The van der Waals surface area contributed by atoms with Crippen LogP contribution in [0.2, 0.25) is 0 Å². The second kappa shape index (κ2) is 6.05. The first-order chi connectivity index (χ1) is 11.4. The molecule has 0 spiro atoms. The Kier molecular flexibility index (Phi) is 4.07. The predicted octanol–water partition coefficient (Wildman–Crippen LogP) is 2.47. The number of rotatable bonds is 2. The van der Waals surface area contributed by atoms with Gasteiger partial charge < -0.3 is 4.57 Å². The minimum absolute atomic E-state index is 0.0614. The van der Waals surface area contributed by atoms with Crippen molar-refractivity contribution in [1.29, 1.82) is 0 Å². The molecule has 5 nitrogen and oxygen atoms in total. The fourth-order valence-electron chi connectivity index (χ4n) is 2.59. The number of carbonyl (C=O) groups is 2. The second-order valence-corrected chi connectivity index (χ2v) is 6.14. The molecule has 0 unspecified atom stereocenters. The molecule has 122 valence electrons. The smallest absolute Gasteiger partial charge is 0.270 e. The number of nitrogens with one attached hydrogen (secondary N) is 1. The van der Waals surface area contributed by atoms with Crippen LogP contribution in [0.25, 0.3) is 6.08 Å². The van der Waals surface area contributed by atoms with Crippen molar-refractivity contribution in [2.75, 3.05) is 4.90 Å². The first-order valence-electron chi connectivity index (χ1n) is 7.49. The quantitative estimate of drug-likeness (QED) is 0.519. The highest BCUT2D eigenvalue weighted by atomic mass is 32.1. The van der Waals surface area contributed by atoms with E-state index in [2.05, 4.69) is 5.32 Å². The van der Waals surface area contributed by atoms with Gasteiger partial charge in [-0.25, -0.2) is 0 Å². The summed E-state index contributed by atoms with van der Waals surface area (Å²) in [7, 11) is 1.88. The third-order valence-corrected chi connectivity index (χ3v) is 4.35. The summed E-state index contributed by atoms with van der Waals surface area (Å²) in [6.07, 6.45) is 1.59. The Hall–Kier alpha value is -2.73. The molecule has 1 aliphatic heterocycles. The Morgan fingerprint density at radius 3 is 2.50 bits per heavy atom. The van der Waals surface area contributed by atoms with Crippen molar-refractivity contribution in [3.63, 3.8) is 0 Å². The Morgan fingerprint density at radius 2 is 1.88 bits per heavy atom. The van der Waals surface area contributed by atoms with Crippen LogP contribution in [0.1, 0.15) is 17.0 Å². The number of benzene rings is 1. The summed E-state index contributed by atoms with van der Waals surface area (Å²) < 4.78 is 1.91. The molecule has 2 aromatic rings. The van der Waals surface area contributed by atoms with Gasteiger partial charge in [0.2, 0.25) is 0 Å². The van der Waals surface area contributed by atoms with E-state index in [1.165, 1.54) is 4.90 Å². The molecule has 6 heteroatoms. The van der Waals surface area contributed by atoms with Gasteiger partial charge in [0.1, 0.15) is 5.57 Å². The molecule has 0 aliphatic carbocycles. The van der Waals surface area contributed by atoms with Crippen LogP contribution in [0, 0.1) is 13.8 Å². The molecule has 2 heterocycles. The van der Waals surface area contributed by atoms with Gasteiger partial charge in [-0.2, -0.15) is 0 Å². The lowest BCUT2D eigenvalue weighted by atomic mass is 10.1. The molecule has 0 saturated carbocycles. The molecule has 1 N–H and O–H groups in total. The second-order valence-electron chi connectivity index (χ2n) is 5.76. The van der Waals surface area contributed by atoms with Crippen LogP contribution in [-0.2, 0) is 16.6 Å². The average molecular weight is 339 g/mol. The fourth-order valence-corrected chi connectivity index (χ4v) is 2.87. The van der Waals surface area contributed by atoms with E-state index < -0.39 is 11.8 Å². The van der Waals surface area contributed by atoms with Crippen molar-refractivity contribution in [2.45, 2.75) is 13.8 Å². The predicted molar refractivity (Wildman–Crippen MR) is 97.5 cm³/mol. The van der Waals surface area contributed by atoms with Gasteiger partial charge in [0.05, 0.1) is 5.69 Å². The lowest BCUT2D eigenvalue weighted by Gasteiger charge is -2.29. The third kappa shape index (κ3) is 2.76. The van der Waals surface area contributed by atoms with Crippen molar-refractivity contribution in [1.82, 2.24) is 9.88 Å². The van der Waals surface area contributed by atoms with Crippen molar-refractivity contribution >= 4 is 40.9 Å². The van der Waals surface area contributed by atoms with Gasteiger partial charge >= 0.3 is 0 Å². The highest BCUT2D eigenvalue weighted by Gasteiger charge is 2.34. The van der Waals surface area contributed by atoms with E-state index in [0.717, 1.165) is 17.0 Å². The van der Waals surface area contributed by atoms with Crippen LogP contribution < -0.4 is 10.2 Å². The van der Waals surface area contributed by atoms with E-state index in [1.807, 2.05) is 55.8 Å². The first-order valence-corrected chi connectivity index (χ1v) is 7.90. The van der Waals surface area contributed by atoms with Crippen LogP contribution in [0.4, 0.5) is 5.69 Å². The van der Waals surface area contributed by atoms with Gasteiger partial charge in [-0.05, 0) is 62.0 Å². The van der Waals surface area contributed by atoms with E-state index in [0.29, 0.717) is 5.69 Å². The standard InChI is InChI=1S/C18H17N3O2S/c1-11-5-4-6-14(9-11)21-17(23)15(16(22)19-18(21)24)10-13-8-7-12(2)20(13)3/h4-10H,1-3H3,(H,19,22,24)/b15-10+. The number of nitrogens with zero attached hydrogens (tertiary/aromatic N) is 2. The molecule has 2 amide bonds. The summed E-state index contributed by atoms with van der Waals surface area (Å²) in [6.45, 7) is 3.89. The minimum Gasteiger partial charge on any atom is -0.348 e. The normalized spacial score (nSPS) is 16.7. The molecular formula is C18H17N3O2S. The molecule has 3 rings (SSSR count). The molecule has 1 aliphatic rings. The molecule has 1 fully saturated rings. The monoisotopic (exact) mass is 339 g/mol. The Balaban J connectivity index is 2.05. The third-order valence-electron chi connectivity index (χ3n) is 4.07. The molecule has 1 aromatic heterocycles. The highest BCUT2D eigenvalue weighted by Crippen LogP contribution is 2.23. The van der Waals surface area contributed by atoms with E-state index in [4.69, 9.17) is 12.2 Å². The summed E-state index contributed by atoms with van der Waals surface area (Å²) in [5.74, 6) is -0.902. The van der Waals surface area contributed by atoms with Crippen LogP contribution in [0.3, 0.4) is 0 Å². The summed E-state index contributed by atoms with van der Waals surface area (Å²) in [6, 6.07) is 11.2. The molecule has 0 radical (unpaired) electrons. The number of anilines is 1. The van der Waals surface area contributed by atoms with Crippen LogP contribution in [-0.4, -0.2) is 21.5 Å². The summed E-state index contributed by atoms with van der Waals surface area (Å²) >= 11 is 5.19. The van der Waals surface area contributed by atoms with Gasteiger partial charge in [0, 0.05) is 18.4 Å². The van der Waals surface area contributed by atoms with Gasteiger partial charge in [-0.3, -0.25) is 19.8 Å². The SMILES string of the molecule is Cc1cccc(N2C(=O)/C(=C/c3ccc(C)n3C)C(=O)NC2=S)c1. The van der Waals surface area contributed by atoms with E-state index in [-0.39, 0.29) is 10.7 Å². The maximum Gasteiger partial charge on any atom is 0.270 e. The number of carbonyl (C=O) groups excluding carboxylic acids is 2. The Labute approximate surface area is 145 Å². The topological polar surface area (TPSA) is 54.3 Å². The largest absolute Gasteiger partial charge is 0.348 e. The first kappa shape index (κ1) is 16.1. The Morgan fingerprint density at radius 1 is 1.12 bits per heavy atom. The van der Waals surface area contributed by atoms with Crippen molar-refractivity contribution in [3.05, 3.63) is 58.9 Å². The zero-order valence-electron chi connectivity index (χ0n) is 13.7. The lowest BCUT2D eigenvalue weighted by Crippen LogP contribution is -2.54. The molecule has 1 aromatic carbocycles. The fraction of sp³-hybridized carbons (Fsp3) is 0.167. The van der Waals surface area contributed by atoms with Crippen molar-refractivity contribution < 1.29 is 9.59 Å². The number of amides is 2. The number of aryl methyl sites for hydroxylation is 2. The number of hydrogen-bond acceptors (Lipinski definition) is 3. The zero-order valence-corrected chi connectivity index (χ0v) is 14.5. The summed E-state index contributed by atoms with van der Waals surface area (Å²) in [5, 5.41) is 2.69. The molecule has 24 heavy (non-hydrogen) atoms. The lowest BCUT2D eigenvalue weighted by molar-refractivity contribution is -0.122. The average Bonchev–Trinajstić information content (AvgIpc) is 2.83. The van der Waals surface area contributed by atoms with E-state index in [9.17, 15) is 9.59 Å². The van der Waals surface area contributed by atoms with Gasteiger partial charge in [0.15, 0.2) is 5.11 Å². The molecule has 0 atom stereocenters. The molecular weight excluding hydrogens is 322 g/mol. The molecule has 0 bridgehead atoms. The van der Waals surface area contributed by atoms with Crippen LogP contribution in [0.5, 0.6) is 0 Å². The maximum atomic E-state index is 12.9. The van der Waals surface area contributed by atoms with Gasteiger partial charge in [0.25, 0.3) is 11.8 Å². The van der Waals surface area contributed by atoms with Crippen molar-refractivity contribution in [3.8, 4) is 0 Å². The van der Waals surface area contributed by atoms with E-state index >= 15 is 0 Å². The van der Waals surface area contributed by atoms with E-state index in [1.54, 1.807) is 12.1 Å².